The highest BCUT2D eigenvalue weighted by molar-refractivity contribution is 8.00. The fourth-order valence-corrected chi connectivity index (χ4v) is 2.72. The lowest BCUT2D eigenvalue weighted by Crippen LogP contribution is -2.00. The molecule has 2 rings (SSSR count). The van der Waals surface area contributed by atoms with Crippen molar-refractivity contribution in [1.29, 1.82) is 0 Å². The van der Waals surface area contributed by atoms with Crippen LogP contribution in [-0.4, -0.2) is 11.0 Å². The topological polar surface area (TPSA) is 12.4 Å². The predicted molar refractivity (Wildman–Crippen MR) is 81.8 cm³/mol. The SMILES string of the molecule is CC.CC.CC1=Nc2ccccc2SC(C)C1. The molecular formula is C15H25NS. The van der Waals surface area contributed by atoms with E-state index in [1.54, 1.807) is 0 Å². The van der Waals surface area contributed by atoms with Gasteiger partial charge < -0.3 is 0 Å². The number of rotatable bonds is 0. The van der Waals surface area contributed by atoms with Crippen LogP contribution in [0.4, 0.5) is 5.69 Å². The number of hydrogen-bond donors (Lipinski definition) is 0. The molecule has 0 saturated heterocycles. The third-order valence-corrected chi connectivity index (χ3v) is 3.26. The van der Waals surface area contributed by atoms with Crippen molar-refractivity contribution in [2.75, 3.05) is 0 Å². The summed E-state index contributed by atoms with van der Waals surface area (Å²) in [5.74, 6) is 0. The number of thioether (sulfide) groups is 1. The van der Waals surface area contributed by atoms with Gasteiger partial charge in [-0.2, -0.15) is 0 Å². The van der Waals surface area contributed by atoms with Gasteiger partial charge in [0.1, 0.15) is 0 Å². The lowest BCUT2D eigenvalue weighted by atomic mass is 10.2. The van der Waals surface area contributed by atoms with Crippen molar-refractivity contribution in [3.8, 4) is 0 Å². The van der Waals surface area contributed by atoms with E-state index in [0.29, 0.717) is 5.25 Å². The fraction of sp³-hybridized carbons (Fsp3) is 0.533. The molecule has 1 aromatic carbocycles. The highest BCUT2D eigenvalue weighted by Crippen LogP contribution is 2.36. The minimum absolute atomic E-state index is 0.646. The van der Waals surface area contributed by atoms with E-state index in [9.17, 15) is 0 Å². The highest BCUT2D eigenvalue weighted by Gasteiger charge is 2.13. The monoisotopic (exact) mass is 251 g/mol. The minimum Gasteiger partial charge on any atom is -0.257 e. The summed E-state index contributed by atoms with van der Waals surface area (Å²) < 4.78 is 0. The summed E-state index contributed by atoms with van der Waals surface area (Å²) in [5.41, 5.74) is 2.37. The largest absolute Gasteiger partial charge is 0.257 e. The summed E-state index contributed by atoms with van der Waals surface area (Å²) in [4.78, 5) is 5.90. The van der Waals surface area contributed by atoms with E-state index in [1.165, 1.54) is 10.6 Å². The van der Waals surface area contributed by atoms with Crippen LogP contribution in [0.1, 0.15) is 48.0 Å². The first-order valence-corrected chi connectivity index (χ1v) is 7.43. The van der Waals surface area contributed by atoms with Crippen LogP contribution >= 0.6 is 11.8 Å². The molecular weight excluding hydrogens is 226 g/mol. The molecule has 0 aromatic heterocycles. The van der Waals surface area contributed by atoms with E-state index in [4.69, 9.17) is 0 Å². The van der Waals surface area contributed by atoms with Crippen molar-refractivity contribution in [1.82, 2.24) is 0 Å². The average molecular weight is 251 g/mol. The third kappa shape index (κ3) is 5.40. The number of para-hydroxylation sites is 1. The predicted octanol–water partition coefficient (Wildman–Crippen LogP) is 5.72. The highest BCUT2D eigenvalue weighted by atomic mass is 32.2. The molecule has 2 heteroatoms. The maximum atomic E-state index is 4.59. The Morgan fingerprint density at radius 2 is 1.71 bits per heavy atom. The number of hydrogen-bond acceptors (Lipinski definition) is 2. The third-order valence-electron chi connectivity index (χ3n) is 2.09. The molecule has 0 N–H and O–H groups in total. The molecule has 0 bridgehead atoms. The lowest BCUT2D eigenvalue weighted by molar-refractivity contribution is 1.02. The smallest absolute Gasteiger partial charge is 0.0764 e. The summed E-state index contributed by atoms with van der Waals surface area (Å²) in [5, 5.41) is 0.646. The van der Waals surface area contributed by atoms with Gasteiger partial charge in [0, 0.05) is 15.9 Å². The van der Waals surface area contributed by atoms with Crippen molar-refractivity contribution in [3.05, 3.63) is 24.3 Å². The molecule has 96 valence electrons. The summed E-state index contributed by atoms with van der Waals surface area (Å²) in [6, 6.07) is 8.36. The van der Waals surface area contributed by atoms with E-state index in [1.807, 2.05) is 45.5 Å². The number of aliphatic imine (C=N–C) groups is 1. The summed E-state index contributed by atoms with van der Waals surface area (Å²) >= 11 is 1.92. The van der Waals surface area contributed by atoms with Gasteiger partial charge >= 0.3 is 0 Å². The van der Waals surface area contributed by atoms with Gasteiger partial charge in [-0.3, -0.25) is 4.99 Å². The Bertz CT molecular complexity index is 345. The van der Waals surface area contributed by atoms with Crippen LogP contribution in [0.25, 0.3) is 0 Å². The van der Waals surface area contributed by atoms with Gasteiger partial charge in [-0.25, -0.2) is 0 Å². The van der Waals surface area contributed by atoms with Crippen molar-refractivity contribution >= 4 is 23.2 Å². The van der Waals surface area contributed by atoms with Gasteiger partial charge in [0.15, 0.2) is 0 Å². The number of benzene rings is 1. The molecule has 0 radical (unpaired) electrons. The van der Waals surface area contributed by atoms with Gasteiger partial charge in [0.25, 0.3) is 0 Å². The van der Waals surface area contributed by atoms with Gasteiger partial charge in [-0.1, -0.05) is 46.8 Å². The molecule has 1 nitrogen and oxygen atoms in total. The molecule has 0 spiro atoms. The van der Waals surface area contributed by atoms with Crippen molar-refractivity contribution in [2.24, 2.45) is 4.99 Å². The van der Waals surface area contributed by atoms with Crippen molar-refractivity contribution < 1.29 is 0 Å². The van der Waals surface area contributed by atoms with Crippen LogP contribution in [-0.2, 0) is 0 Å². The number of nitrogens with zero attached hydrogens (tertiary/aromatic N) is 1. The van der Waals surface area contributed by atoms with Gasteiger partial charge in [0.2, 0.25) is 0 Å². The fourth-order valence-electron chi connectivity index (χ4n) is 1.57. The summed E-state index contributed by atoms with van der Waals surface area (Å²) in [7, 11) is 0. The first kappa shape index (κ1) is 16.2. The Kier molecular flexibility index (Phi) is 8.87. The van der Waals surface area contributed by atoms with Crippen LogP contribution in [0.2, 0.25) is 0 Å². The zero-order chi connectivity index (χ0) is 13.3. The quantitative estimate of drug-likeness (QED) is 0.575. The molecule has 0 fully saturated rings. The van der Waals surface area contributed by atoms with E-state index in [2.05, 4.69) is 37.0 Å². The first-order chi connectivity index (χ1) is 8.25. The Labute approximate surface area is 111 Å². The molecule has 1 unspecified atom stereocenters. The zero-order valence-electron chi connectivity index (χ0n) is 11.9. The van der Waals surface area contributed by atoms with Crippen molar-refractivity contribution in [2.45, 2.75) is 58.1 Å². The standard InChI is InChI=1S/C11H13NS.2C2H6/c1-8-7-9(2)13-11-6-4-3-5-10(11)12-8;2*1-2/h3-6,9H,7H2,1-2H3;2*1-2H3. The van der Waals surface area contributed by atoms with Crippen LogP contribution in [0.5, 0.6) is 0 Å². The Morgan fingerprint density at radius 1 is 1.12 bits per heavy atom. The second kappa shape index (κ2) is 9.29. The Morgan fingerprint density at radius 3 is 2.35 bits per heavy atom. The molecule has 0 saturated carbocycles. The summed E-state index contributed by atoms with van der Waals surface area (Å²) in [6.45, 7) is 12.4. The van der Waals surface area contributed by atoms with E-state index >= 15 is 0 Å². The molecule has 0 aliphatic carbocycles. The molecule has 17 heavy (non-hydrogen) atoms. The van der Waals surface area contributed by atoms with E-state index in [-0.39, 0.29) is 0 Å². The molecule has 1 atom stereocenters. The van der Waals surface area contributed by atoms with Gasteiger partial charge in [0.05, 0.1) is 5.69 Å². The second-order valence-electron chi connectivity index (χ2n) is 3.45. The minimum atomic E-state index is 0.646. The van der Waals surface area contributed by atoms with Gasteiger partial charge in [-0.05, 0) is 25.5 Å². The molecule has 1 aromatic rings. The van der Waals surface area contributed by atoms with E-state index < -0.39 is 0 Å². The number of fused-ring (bicyclic) bond motifs is 1. The van der Waals surface area contributed by atoms with Crippen molar-refractivity contribution in [3.63, 3.8) is 0 Å². The molecule has 1 heterocycles. The zero-order valence-corrected chi connectivity index (χ0v) is 12.8. The molecule has 1 aliphatic heterocycles. The first-order valence-electron chi connectivity index (χ1n) is 6.55. The van der Waals surface area contributed by atoms with E-state index in [0.717, 1.165) is 12.1 Å². The second-order valence-corrected chi connectivity index (χ2v) is 4.93. The van der Waals surface area contributed by atoms with Crippen LogP contribution < -0.4 is 0 Å². The van der Waals surface area contributed by atoms with Gasteiger partial charge in [-0.15, -0.1) is 11.8 Å². The maximum absolute atomic E-state index is 4.59. The Hall–Kier alpha value is -0.760. The lowest BCUT2D eigenvalue weighted by Gasteiger charge is -2.06. The van der Waals surface area contributed by atoms with Crippen LogP contribution in [0, 0.1) is 0 Å². The normalized spacial score (nSPS) is 17.3. The van der Waals surface area contributed by atoms with Crippen LogP contribution in [0.3, 0.4) is 0 Å². The molecule has 1 aliphatic rings. The average Bonchev–Trinajstić information content (AvgIpc) is 2.50. The Balaban J connectivity index is 0.000000581. The maximum Gasteiger partial charge on any atom is 0.0764 e. The van der Waals surface area contributed by atoms with Crippen LogP contribution in [0.15, 0.2) is 34.2 Å². The summed E-state index contributed by atoms with van der Waals surface area (Å²) in [6.07, 6.45) is 1.10. The molecule has 0 amide bonds.